The van der Waals surface area contributed by atoms with Gasteiger partial charge in [0.2, 0.25) is 16.0 Å². The Morgan fingerprint density at radius 3 is 2.27 bits per heavy atom. The number of piperazine rings is 1. The number of aromatic nitrogens is 3. The third kappa shape index (κ3) is 2.71. The molecule has 0 aromatic carbocycles. The molecule has 1 aliphatic heterocycles. The van der Waals surface area contributed by atoms with E-state index in [4.69, 9.17) is 0 Å². The van der Waals surface area contributed by atoms with Gasteiger partial charge in [-0.25, -0.2) is 18.4 Å². The minimum atomic E-state index is -3.42. The van der Waals surface area contributed by atoms with Gasteiger partial charge in [0.05, 0.1) is 0 Å². The summed E-state index contributed by atoms with van der Waals surface area (Å²) in [5.41, 5.74) is 0.926. The van der Waals surface area contributed by atoms with Gasteiger partial charge in [-0.3, -0.25) is 0 Å². The quantitative estimate of drug-likeness (QED) is 0.829. The van der Waals surface area contributed by atoms with Crippen molar-refractivity contribution in [3.05, 3.63) is 36.4 Å². The van der Waals surface area contributed by atoms with E-state index in [1.165, 1.54) is 4.31 Å². The number of hydrogen-bond donors (Lipinski definition) is 0. The molecular formula is C14H19N5O2S. The van der Waals surface area contributed by atoms with Crippen LogP contribution in [0.25, 0.3) is 0 Å². The molecule has 0 radical (unpaired) electrons. The van der Waals surface area contributed by atoms with Crippen LogP contribution in [0.1, 0.15) is 5.69 Å². The standard InChI is InChI=1S/C14H19N5O2S/c1-12-10-13(11-17(12)2)22(20,21)19-8-6-18(7-9-19)14-15-4-3-5-16-14/h3-5,10-11H,6-9H2,1-2H3. The highest BCUT2D eigenvalue weighted by atomic mass is 32.2. The van der Waals surface area contributed by atoms with Crippen molar-refractivity contribution in [2.45, 2.75) is 11.8 Å². The molecule has 3 heterocycles. The summed E-state index contributed by atoms with van der Waals surface area (Å²) < 4.78 is 28.7. The second-order valence-electron chi connectivity index (χ2n) is 5.37. The molecule has 0 atom stereocenters. The van der Waals surface area contributed by atoms with Gasteiger partial charge < -0.3 is 9.47 Å². The van der Waals surface area contributed by atoms with Crippen molar-refractivity contribution in [2.75, 3.05) is 31.1 Å². The van der Waals surface area contributed by atoms with Crippen molar-refractivity contribution in [2.24, 2.45) is 7.05 Å². The zero-order valence-corrected chi connectivity index (χ0v) is 13.5. The topological polar surface area (TPSA) is 71.3 Å². The molecule has 7 nitrogen and oxygen atoms in total. The third-order valence-corrected chi connectivity index (χ3v) is 5.80. The lowest BCUT2D eigenvalue weighted by molar-refractivity contribution is 0.382. The average molecular weight is 321 g/mol. The Hall–Kier alpha value is -1.93. The van der Waals surface area contributed by atoms with Crippen molar-refractivity contribution in [1.82, 2.24) is 18.8 Å². The molecule has 1 saturated heterocycles. The molecule has 1 aliphatic rings. The zero-order valence-electron chi connectivity index (χ0n) is 12.7. The normalized spacial score (nSPS) is 16.9. The Morgan fingerprint density at radius 1 is 1.09 bits per heavy atom. The minimum absolute atomic E-state index is 0.358. The number of aryl methyl sites for hydroxylation is 2. The van der Waals surface area contributed by atoms with Gasteiger partial charge >= 0.3 is 0 Å². The number of sulfonamides is 1. The summed E-state index contributed by atoms with van der Waals surface area (Å²) in [5, 5.41) is 0. The fourth-order valence-electron chi connectivity index (χ4n) is 2.51. The van der Waals surface area contributed by atoms with Crippen LogP contribution in [-0.2, 0) is 17.1 Å². The number of nitrogens with zero attached hydrogens (tertiary/aromatic N) is 5. The maximum atomic E-state index is 12.7. The Morgan fingerprint density at radius 2 is 1.73 bits per heavy atom. The predicted octanol–water partition coefficient (Wildman–Crippen LogP) is 0.634. The number of anilines is 1. The molecule has 0 N–H and O–H groups in total. The molecule has 22 heavy (non-hydrogen) atoms. The largest absolute Gasteiger partial charge is 0.353 e. The van der Waals surface area contributed by atoms with Crippen molar-refractivity contribution >= 4 is 16.0 Å². The first-order valence-corrected chi connectivity index (χ1v) is 8.57. The lowest BCUT2D eigenvalue weighted by Gasteiger charge is -2.33. The fourth-order valence-corrected chi connectivity index (χ4v) is 4.06. The van der Waals surface area contributed by atoms with Gasteiger partial charge in [0.15, 0.2) is 0 Å². The van der Waals surface area contributed by atoms with Crippen LogP contribution in [0.4, 0.5) is 5.95 Å². The molecule has 3 rings (SSSR count). The van der Waals surface area contributed by atoms with E-state index in [1.54, 1.807) is 30.7 Å². The van der Waals surface area contributed by atoms with Crippen molar-refractivity contribution < 1.29 is 8.42 Å². The van der Waals surface area contributed by atoms with E-state index >= 15 is 0 Å². The van der Waals surface area contributed by atoms with Crippen LogP contribution in [0.5, 0.6) is 0 Å². The minimum Gasteiger partial charge on any atom is -0.353 e. The summed E-state index contributed by atoms with van der Waals surface area (Å²) in [4.78, 5) is 10.8. The van der Waals surface area contributed by atoms with Gasteiger partial charge in [-0.2, -0.15) is 4.31 Å². The summed E-state index contributed by atoms with van der Waals surface area (Å²) in [6.07, 6.45) is 5.05. The lowest BCUT2D eigenvalue weighted by atomic mass is 10.4. The van der Waals surface area contributed by atoms with Crippen LogP contribution in [0.15, 0.2) is 35.6 Å². The predicted molar refractivity (Wildman–Crippen MR) is 83.2 cm³/mol. The van der Waals surface area contributed by atoms with E-state index in [9.17, 15) is 8.42 Å². The van der Waals surface area contributed by atoms with Crippen LogP contribution in [-0.4, -0.2) is 53.4 Å². The molecule has 0 unspecified atom stereocenters. The Bertz CT molecular complexity index is 729. The van der Waals surface area contributed by atoms with Gasteiger partial charge in [0.1, 0.15) is 4.90 Å². The summed E-state index contributed by atoms with van der Waals surface area (Å²) in [6.45, 7) is 3.96. The molecule has 0 bridgehead atoms. The van der Waals surface area contributed by atoms with Crippen LogP contribution >= 0.6 is 0 Å². The van der Waals surface area contributed by atoms with E-state index in [0.29, 0.717) is 37.0 Å². The molecule has 118 valence electrons. The summed E-state index contributed by atoms with van der Waals surface area (Å²) >= 11 is 0. The third-order valence-electron chi connectivity index (χ3n) is 3.94. The second kappa shape index (κ2) is 5.69. The Labute approximate surface area is 130 Å². The molecule has 0 saturated carbocycles. The summed E-state index contributed by atoms with van der Waals surface area (Å²) in [7, 11) is -1.58. The monoisotopic (exact) mass is 321 g/mol. The van der Waals surface area contributed by atoms with E-state index in [1.807, 2.05) is 23.4 Å². The highest BCUT2D eigenvalue weighted by Crippen LogP contribution is 2.20. The van der Waals surface area contributed by atoms with Gasteiger partial charge in [-0.15, -0.1) is 0 Å². The van der Waals surface area contributed by atoms with Gasteiger partial charge in [0.25, 0.3) is 0 Å². The molecular weight excluding hydrogens is 302 g/mol. The fraction of sp³-hybridized carbons (Fsp3) is 0.429. The molecule has 0 amide bonds. The van der Waals surface area contributed by atoms with Crippen LogP contribution < -0.4 is 4.90 Å². The summed E-state index contributed by atoms with van der Waals surface area (Å²) in [6, 6.07) is 3.48. The first-order chi connectivity index (χ1) is 10.5. The van der Waals surface area contributed by atoms with Crippen LogP contribution in [0.2, 0.25) is 0 Å². The first-order valence-electron chi connectivity index (χ1n) is 7.13. The molecule has 1 fully saturated rings. The van der Waals surface area contributed by atoms with Crippen LogP contribution in [0, 0.1) is 6.92 Å². The maximum Gasteiger partial charge on any atom is 0.244 e. The molecule has 2 aromatic rings. The van der Waals surface area contributed by atoms with Crippen molar-refractivity contribution in [1.29, 1.82) is 0 Å². The van der Waals surface area contributed by atoms with Crippen LogP contribution in [0.3, 0.4) is 0 Å². The van der Waals surface area contributed by atoms with E-state index < -0.39 is 10.0 Å². The van der Waals surface area contributed by atoms with Gasteiger partial charge in [-0.05, 0) is 19.1 Å². The second-order valence-corrected chi connectivity index (χ2v) is 7.31. The van der Waals surface area contributed by atoms with Crippen molar-refractivity contribution in [3.63, 3.8) is 0 Å². The van der Waals surface area contributed by atoms with E-state index in [-0.39, 0.29) is 0 Å². The van der Waals surface area contributed by atoms with Gasteiger partial charge in [-0.1, -0.05) is 0 Å². The maximum absolute atomic E-state index is 12.7. The SMILES string of the molecule is Cc1cc(S(=O)(=O)N2CCN(c3ncccn3)CC2)cn1C. The average Bonchev–Trinajstić information content (AvgIpc) is 2.88. The van der Waals surface area contributed by atoms with E-state index in [0.717, 1.165) is 5.69 Å². The zero-order chi connectivity index (χ0) is 15.7. The molecule has 8 heteroatoms. The number of rotatable bonds is 3. The first kappa shape index (κ1) is 15.0. The van der Waals surface area contributed by atoms with Gasteiger partial charge in [0, 0.05) is 57.5 Å². The van der Waals surface area contributed by atoms with E-state index in [2.05, 4.69) is 9.97 Å². The molecule has 2 aromatic heterocycles. The smallest absolute Gasteiger partial charge is 0.244 e. The lowest BCUT2D eigenvalue weighted by Crippen LogP contribution is -2.49. The molecule has 0 spiro atoms. The highest BCUT2D eigenvalue weighted by molar-refractivity contribution is 7.89. The summed E-state index contributed by atoms with van der Waals surface area (Å²) in [5.74, 6) is 0.648. The number of hydrogen-bond acceptors (Lipinski definition) is 5. The molecule has 0 aliphatic carbocycles. The highest BCUT2D eigenvalue weighted by Gasteiger charge is 2.30. The Balaban J connectivity index is 1.73. The Kier molecular flexibility index (Phi) is 3.88. The van der Waals surface area contributed by atoms with Crippen molar-refractivity contribution in [3.8, 4) is 0 Å².